The van der Waals surface area contributed by atoms with E-state index in [-0.39, 0.29) is 18.3 Å². The molecule has 0 fully saturated rings. The zero-order valence-corrected chi connectivity index (χ0v) is 12.5. The van der Waals surface area contributed by atoms with Crippen LogP contribution in [0.5, 0.6) is 0 Å². The first-order valence-electron chi connectivity index (χ1n) is 5.93. The van der Waals surface area contributed by atoms with E-state index in [1.807, 2.05) is 24.3 Å². The van der Waals surface area contributed by atoms with Crippen LogP contribution in [-0.4, -0.2) is 39.3 Å². The molecule has 0 aliphatic heterocycles. The highest BCUT2D eigenvalue weighted by Crippen LogP contribution is 2.09. The maximum Gasteiger partial charge on any atom is 0.233 e. The molecule has 1 amide bonds. The van der Waals surface area contributed by atoms with Crippen LogP contribution in [0.3, 0.4) is 0 Å². The number of methoxy groups -OCH3 is 1. The number of halogens is 2. The van der Waals surface area contributed by atoms with E-state index < -0.39 is 0 Å². The van der Waals surface area contributed by atoms with Crippen LogP contribution in [0.2, 0.25) is 5.02 Å². The van der Waals surface area contributed by atoms with Crippen molar-refractivity contribution in [3.63, 3.8) is 0 Å². The van der Waals surface area contributed by atoms with Crippen LogP contribution in [-0.2, 0) is 16.0 Å². The SMILES string of the molecule is COCCNCC(=O)NCCc1ccc(Cl)cc1.Cl. The van der Waals surface area contributed by atoms with Crippen LogP contribution >= 0.6 is 24.0 Å². The van der Waals surface area contributed by atoms with E-state index >= 15 is 0 Å². The number of carbonyl (C=O) groups excluding carboxylic acids is 1. The zero-order chi connectivity index (χ0) is 13.2. The van der Waals surface area contributed by atoms with E-state index in [1.165, 1.54) is 0 Å². The molecule has 0 aliphatic rings. The van der Waals surface area contributed by atoms with E-state index in [2.05, 4.69) is 10.6 Å². The van der Waals surface area contributed by atoms with Crippen molar-refractivity contribution >= 4 is 29.9 Å². The van der Waals surface area contributed by atoms with Crippen molar-refractivity contribution in [2.45, 2.75) is 6.42 Å². The molecule has 0 radical (unpaired) electrons. The predicted octanol–water partition coefficient (Wildman–Crippen LogP) is 1.66. The number of rotatable bonds is 8. The number of hydrogen-bond donors (Lipinski definition) is 2. The van der Waals surface area contributed by atoms with Gasteiger partial charge in [0.25, 0.3) is 0 Å². The first kappa shape index (κ1) is 18.2. The second kappa shape index (κ2) is 11.1. The summed E-state index contributed by atoms with van der Waals surface area (Å²) < 4.78 is 4.87. The summed E-state index contributed by atoms with van der Waals surface area (Å²) >= 11 is 5.79. The third-order valence-corrected chi connectivity index (χ3v) is 2.67. The maximum absolute atomic E-state index is 11.4. The highest BCUT2D eigenvalue weighted by atomic mass is 35.5. The van der Waals surface area contributed by atoms with Gasteiger partial charge in [0.15, 0.2) is 0 Å². The lowest BCUT2D eigenvalue weighted by molar-refractivity contribution is -0.120. The van der Waals surface area contributed by atoms with Gasteiger partial charge in [-0.05, 0) is 24.1 Å². The molecule has 2 N–H and O–H groups in total. The lowest BCUT2D eigenvalue weighted by atomic mass is 10.1. The van der Waals surface area contributed by atoms with Gasteiger partial charge in [0.1, 0.15) is 0 Å². The molecule has 1 aromatic rings. The second-order valence-electron chi connectivity index (χ2n) is 3.90. The molecule has 108 valence electrons. The Labute approximate surface area is 125 Å². The van der Waals surface area contributed by atoms with Crippen molar-refractivity contribution in [3.8, 4) is 0 Å². The monoisotopic (exact) mass is 306 g/mol. The summed E-state index contributed by atoms with van der Waals surface area (Å²) in [5.41, 5.74) is 1.16. The van der Waals surface area contributed by atoms with Gasteiger partial charge in [-0.15, -0.1) is 12.4 Å². The topological polar surface area (TPSA) is 50.4 Å². The lowest BCUT2D eigenvalue weighted by Gasteiger charge is -2.06. The van der Waals surface area contributed by atoms with E-state index in [4.69, 9.17) is 16.3 Å². The number of ether oxygens (including phenoxy) is 1. The van der Waals surface area contributed by atoms with Crippen LogP contribution in [0.15, 0.2) is 24.3 Å². The molecule has 0 aliphatic carbocycles. The van der Waals surface area contributed by atoms with Gasteiger partial charge in [-0.2, -0.15) is 0 Å². The number of amides is 1. The van der Waals surface area contributed by atoms with Crippen molar-refractivity contribution in [2.24, 2.45) is 0 Å². The molecule has 4 nitrogen and oxygen atoms in total. The number of benzene rings is 1. The summed E-state index contributed by atoms with van der Waals surface area (Å²) in [5.74, 6) is 0.0000617. The first-order chi connectivity index (χ1) is 8.72. The molecule has 0 heterocycles. The minimum Gasteiger partial charge on any atom is -0.383 e. The van der Waals surface area contributed by atoms with E-state index in [1.54, 1.807) is 7.11 Å². The fourth-order valence-electron chi connectivity index (χ4n) is 1.44. The maximum atomic E-state index is 11.4. The Morgan fingerprint density at radius 3 is 2.58 bits per heavy atom. The lowest BCUT2D eigenvalue weighted by Crippen LogP contribution is -2.36. The third kappa shape index (κ3) is 8.83. The Morgan fingerprint density at radius 1 is 1.26 bits per heavy atom. The van der Waals surface area contributed by atoms with E-state index in [0.717, 1.165) is 17.0 Å². The smallest absolute Gasteiger partial charge is 0.233 e. The molecule has 6 heteroatoms. The van der Waals surface area contributed by atoms with Crippen molar-refractivity contribution in [1.29, 1.82) is 0 Å². The summed E-state index contributed by atoms with van der Waals surface area (Å²) in [6.45, 7) is 2.25. The number of nitrogens with one attached hydrogen (secondary N) is 2. The molecule has 0 saturated carbocycles. The molecule has 19 heavy (non-hydrogen) atoms. The quantitative estimate of drug-likeness (QED) is 0.718. The Bertz CT molecular complexity index is 358. The molecule has 0 aromatic heterocycles. The minimum atomic E-state index is 0. The summed E-state index contributed by atoms with van der Waals surface area (Å²) in [6.07, 6.45) is 0.807. The summed E-state index contributed by atoms with van der Waals surface area (Å²) in [4.78, 5) is 11.4. The number of hydrogen-bond acceptors (Lipinski definition) is 3. The molecular weight excluding hydrogens is 287 g/mol. The Hall–Kier alpha value is -0.810. The first-order valence-corrected chi connectivity index (χ1v) is 6.31. The van der Waals surface area contributed by atoms with Gasteiger partial charge in [-0.25, -0.2) is 0 Å². The number of carbonyl (C=O) groups is 1. The van der Waals surface area contributed by atoms with Crippen LogP contribution < -0.4 is 10.6 Å². The zero-order valence-electron chi connectivity index (χ0n) is 10.9. The van der Waals surface area contributed by atoms with Crippen molar-refractivity contribution in [3.05, 3.63) is 34.9 Å². The average molecular weight is 307 g/mol. The van der Waals surface area contributed by atoms with Gasteiger partial charge in [0, 0.05) is 25.2 Å². The highest BCUT2D eigenvalue weighted by molar-refractivity contribution is 6.30. The Morgan fingerprint density at radius 2 is 1.95 bits per heavy atom. The van der Waals surface area contributed by atoms with Crippen LogP contribution in [0, 0.1) is 0 Å². The van der Waals surface area contributed by atoms with Gasteiger partial charge in [-0.3, -0.25) is 4.79 Å². The van der Waals surface area contributed by atoms with Gasteiger partial charge < -0.3 is 15.4 Å². The van der Waals surface area contributed by atoms with Gasteiger partial charge in [-0.1, -0.05) is 23.7 Å². The van der Waals surface area contributed by atoms with E-state index in [9.17, 15) is 4.79 Å². The summed E-state index contributed by atoms with van der Waals surface area (Å²) in [6, 6.07) is 7.63. The molecule has 1 aromatic carbocycles. The third-order valence-electron chi connectivity index (χ3n) is 2.42. The fraction of sp³-hybridized carbons (Fsp3) is 0.462. The van der Waals surface area contributed by atoms with Crippen LogP contribution in [0.4, 0.5) is 0 Å². The molecule has 0 unspecified atom stereocenters. The Balaban J connectivity index is 0.00000324. The predicted molar refractivity (Wildman–Crippen MR) is 80.2 cm³/mol. The normalized spacial score (nSPS) is 9.79. The van der Waals surface area contributed by atoms with Gasteiger partial charge >= 0.3 is 0 Å². The van der Waals surface area contributed by atoms with Crippen molar-refractivity contribution < 1.29 is 9.53 Å². The van der Waals surface area contributed by atoms with Crippen LogP contribution in [0.1, 0.15) is 5.56 Å². The average Bonchev–Trinajstić information content (AvgIpc) is 2.37. The molecule has 0 spiro atoms. The fourth-order valence-corrected chi connectivity index (χ4v) is 1.56. The summed E-state index contributed by atoms with van der Waals surface area (Å²) in [7, 11) is 1.63. The van der Waals surface area contributed by atoms with Gasteiger partial charge in [0.05, 0.1) is 13.2 Å². The minimum absolute atomic E-state index is 0. The van der Waals surface area contributed by atoms with E-state index in [0.29, 0.717) is 26.2 Å². The molecule has 0 atom stereocenters. The molecular formula is C13H20Cl2N2O2. The van der Waals surface area contributed by atoms with Gasteiger partial charge in [0.2, 0.25) is 5.91 Å². The largest absolute Gasteiger partial charge is 0.383 e. The summed E-state index contributed by atoms with van der Waals surface area (Å²) in [5, 5.41) is 6.56. The van der Waals surface area contributed by atoms with Crippen molar-refractivity contribution in [1.82, 2.24) is 10.6 Å². The highest BCUT2D eigenvalue weighted by Gasteiger charge is 2.00. The van der Waals surface area contributed by atoms with Crippen molar-refractivity contribution in [2.75, 3.05) is 33.4 Å². The molecule has 1 rings (SSSR count). The standard InChI is InChI=1S/C13H19ClN2O2.ClH/c1-18-9-8-15-10-13(17)16-7-6-11-2-4-12(14)5-3-11;/h2-5,15H,6-10H2,1H3,(H,16,17);1H. The van der Waals surface area contributed by atoms with Crippen LogP contribution in [0.25, 0.3) is 0 Å². The second-order valence-corrected chi connectivity index (χ2v) is 4.33. The molecule has 0 saturated heterocycles. The molecule has 0 bridgehead atoms. The Kier molecular flexibility index (Phi) is 10.6.